The molecular weight excluding hydrogens is 295 g/mol. The summed E-state index contributed by atoms with van der Waals surface area (Å²) in [7, 11) is 0. The van der Waals surface area contributed by atoms with Crippen molar-refractivity contribution in [1.82, 2.24) is 9.13 Å². The van der Waals surface area contributed by atoms with Gasteiger partial charge in [-0.3, -0.25) is 13.9 Å². The molecule has 3 rings (SSSR count). The molecule has 0 fully saturated rings. The summed E-state index contributed by atoms with van der Waals surface area (Å²) in [6.07, 6.45) is 0.688. The van der Waals surface area contributed by atoms with Gasteiger partial charge in [0.25, 0.3) is 5.56 Å². The third-order valence-corrected chi connectivity index (χ3v) is 3.81. The second-order valence-corrected chi connectivity index (χ2v) is 5.47. The number of aromatic nitrogens is 2. The molecule has 0 amide bonds. The lowest BCUT2D eigenvalue weighted by molar-refractivity contribution is 0.579. The van der Waals surface area contributed by atoms with Gasteiger partial charge < -0.3 is 0 Å². The highest BCUT2D eigenvalue weighted by atomic mass is 19.1. The number of hydrogen-bond donors (Lipinski definition) is 0. The van der Waals surface area contributed by atoms with Crippen LogP contribution in [0.3, 0.4) is 0 Å². The van der Waals surface area contributed by atoms with Gasteiger partial charge in [-0.25, -0.2) is 9.18 Å². The number of nitrogens with zero attached hydrogens (tertiary/aromatic N) is 2. The van der Waals surface area contributed by atoms with E-state index >= 15 is 0 Å². The Morgan fingerprint density at radius 2 is 1.78 bits per heavy atom. The molecule has 1 aromatic heterocycles. The van der Waals surface area contributed by atoms with Gasteiger partial charge in [-0.2, -0.15) is 0 Å². The van der Waals surface area contributed by atoms with Gasteiger partial charge in [0, 0.05) is 6.54 Å². The summed E-state index contributed by atoms with van der Waals surface area (Å²) in [5.41, 5.74) is 0.612. The first-order valence-electron chi connectivity index (χ1n) is 7.58. The average molecular weight is 312 g/mol. The van der Waals surface area contributed by atoms with E-state index in [0.29, 0.717) is 29.4 Å². The first-order chi connectivity index (χ1) is 11.1. The monoisotopic (exact) mass is 312 g/mol. The first kappa shape index (κ1) is 15.2. The maximum atomic E-state index is 13.4. The van der Waals surface area contributed by atoms with E-state index in [0.717, 1.165) is 0 Å². The predicted octanol–water partition coefficient (Wildman–Crippen LogP) is 2.76. The summed E-state index contributed by atoms with van der Waals surface area (Å²) < 4.78 is 16.2. The molecular formula is C18H17FN2O2. The lowest BCUT2D eigenvalue weighted by Crippen LogP contribution is -2.40. The fourth-order valence-electron chi connectivity index (χ4n) is 2.76. The molecule has 0 radical (unpaired) electrons. The summed E-state index contributed by atoms with van der Waals surface area (Å²) in [6, 6.07) is 13.2. The van der Waals surface area contributed by atoms with Gasteiger partial charge in [0.2, 0.25) is 0 Å². The zero-order valence-corrected chi connectivity index (χ0v) is 12.8. The van der Waals surface area contributed by atoms with Gasteiger partial charge in [-0.05, 0) is 36.2 Å². The summed E-state index contributed by atoms with van der Waals surface area (Å²) in [4.78, 5) is 25.2. The molecule has 1 heterocycles. The molecule has 0 N–H and O–H groups in total. The van der Waals surface area contributed by atoms with Gasteiger partial charge in [0.15, 0.2) is 0 Å². The van der Waals surface area contributed by atoms with Crippen molar-refractivity contribution in [1.29, 1.82) is 0 Å². The van der Waals surface area contributed by atoms with Crippen LogP contribution in [0.15, 0.2) is 58.1 Å². The quantitative estimate of drug-likeness (QED) is 0.743. The van der Waals surface area contributed by atoms with Crippen molar-refractivity contribution in [2.24, 2.45) is 0 Å². The van der Waals surface area contributed by atoms with E-state index in [1.165, 1.54) is 21.3 Å². The molecule has 5 heteroatoms. The zero-order chi connectivity index (χ0) is 16.4. The molecule has 0 aliphatic carbocycles. The van der Waals surface area contributed by atoms with Crippen LogP contribution in [0.1, 0.15) is 18.9 Å². The highest BCUT2D eigenvalue weighted by Gasteiger charge is 2.12. The van der Waals surface area contributed by atoms with Crippen LogP contribution in [-0.4, -0.2) is 9.13 Å². The van der Waals surface area contributed by atoms with Gasteiger partial charge in [-0.1, -0.05) is 31.2 Å². The molecule has 23 heavy (non-hydrogen) atoms. The first-order valence-corrected chi connectivity index (χ1v) is 7.58. The fraction of sp³-hybridized carbons (Fsp3) is 0.222. The highest BCUT2D eigenvalue weighted by molar-refractivity contribution is 5.77. The second-order valence-electron chi connectivity index (χ2n) is 5.47. The van der Waals surface area contributed by atoms with E-state index < -0.39 is 0 Å². The Morgan fingerprint density at radius 3 is 2.52 bits per heavy atom. The third kappa shape index (κ3) is 2.82. The SMILES string of the molecule is CCCn1c(=O)c2ccccc2n(Cc2cccc(F)c2)c1=O. The van der Waals surface area contributed by atoms with E-state index in [4.69, 9.17) is 0 Å². The molecule has 4 nitrogen and oxygen atoms in total. The number of benzene rings is 2. The van der Waals surface area contributed by atoms with Crippen LogP contribution in [0.4, 0.5) is 4.39 Å². The number of para-hydroxylation sites is 1. The zero-order valence-electron chi connectivity index (χ0n) is 12.8. The number of hydrogen-bond acceptors (Lipinski definition) is 2. The van der Waals surface area contributed by atoms with E-state index in [1.807, 2.05) is 6.92 Å². The van der Waals surface area contributed by atoms with Gasteiger partial charge in [-0.15, -0.1) is 0 Å². The lowest BCUT2D eigenvalue weighted by atomic mass is 10.2. The normalized spacial score (nSPS) is 11.0. The fourth-order valence-corrected chi connectivity index (χ4v) is 2.76. The summed E-state index contributed by atoms with van der Waals surface area (Å²) >= 11 is 0. The maximum absolute atomic E-state index is 13.4. The minimum atomic E-state index is -0.361. The summed E-state index contributed by atoms with van der Waals surface area (Å²) in [5, 5.41) is 0.497. The van der Waals surface area contributed by atoms with Crippen molar-refractivity contribution in [3.8, 4) is 0 Å². The summed E-state index contributed by atoms with van der Waals surface area (Å²) in [6.45, 7) is 2.50. The number of rotatable bonds is 4. The molecule has 0 saturated carbocycles. The van der Waals surface area contributed by atoms with Crippen LogP contribution in [0.25, 0.3) is 10.9 Å². The topological polar surface area (TPSA) is 44.0 Å². The molecule has 0 spiro atoms. The van der Waals surface area contributed by atoms with E-state index in [-0.39, 0.29) is 23.6 Å². The Balaban J connectivity index is 2.26. The van der Waals surface area contributed by atoms with Crippen molar-refractivity contribution < 1.29 is 4.39 Å². The Morgan fingerprint density at radius 1 is 1.00 bits per heavy atom. The Bertz CT molecular complexity index is 973. The third-order valence-electron chi connectivity index (χ3n) is 3.81. The highest BCUT2D eigenvalue weighted by Crippen LogP contribution is 2.11. The van der Waals surface area contributed by atoms with Gasteiger partial charge >= 0.3 is 5.69 Å². The van der Waals surface area contributed by atoms with Crippen molar-refractivity contribution in [2.45, 2.75) is 26.4 Å². The molecule has 0 unspecified atom stereocenters. The smallest absolute Gasteiger partial charge is 0.289 e. The van der Waals surface area contributed by atoms with Crippen LogP contribution in [0, 0.1) is 5.82 Å². The van der Waals surface area contributed by atoms with Crippen LogP contribution in [0.2, 0.25) is 0 Å². The van der Waals surface area contributed by atoms with E-state index in [1.54, 1.807) is 36.4 Å². The molecule has 0 bridgehead atoms. The number of fused-ring (bicyclic) bond motifs is 1. The molecule has 0 atom stereocenters. The molecule has 3 aromatic rings. The van der Waals surface area contributed by atoms with Crippen LogP contribution >= 0.6 is 0 Å². The molecule has 118 valence electrons. The minimum Gasteiger partial charge on any atom is -0.289 e. The minimum absolute atomic E-state index is 0.223. The molecule has 0 saturated heterocycles. The van der Waals surface area contributed by atoms with Crippen LogP contribution < -0.4 is 11.2 Å². The Hall–Kier alpha value is -2.69. The van der Waals surface area contributed by atoms with Crippen molar-refractivity contribution in [3.05, 3.63) is 80.7 Å². The standard InChI is InChI=1S/C18H17FN2O2/c1-2-10-20-17(22)15-8-3-4-9-16(15)21(18(20)23)12-13-6-5-7-14(19)11-13/h3-9,11H,2,10,12H2,1H3. The number of halogens is 1. The largest absolute Gasteiger partial charge is 0.331 e. The maximum Gasteiger partial charge on any atom is 0.331 e. The Labute approximate surface area is 132 Å². The van der Waals surface area contributed by atoms with Crippen LogP contribution in [0.5, 0.6) is 0 Å². The molecule has 0 aliphatic heterocycles. The Kier molecular flexibility index (Phi) is 4.10. The average Bonchev–Trinajstić information content (AvgIpc) is 2.55. The predicted molar refractivity (Wildman–Crippen MR) is 88.3 cm³/mol. The van der Waals surface area contributed by atoms with E-state index in [9.17, 15) is 14.0 Å². The van der Waals surface area contributed by atoms with E-state index in [2.05, 4.69) is 0 Å². The van der Waals surface area contributed by atoms with Crippen molar-refractivity contribution >= 4 is 10.9 Å². The lowest BCUT2D eigenvalue weighted by Gasteiger charge is -2.13. The van der Waals surface area contributed by atoms with Crippen LogP contribution in [-0.2, 0) is 13.1 Å². The molecule has 0 aliphatic rings. The summed E-state index contributed by atoms with van der Waals surface area (Å²) in [5.74, 6) is -0.346. The molecule has 2 aromatic carbocycles. The van der Waals surface area contributed by atoms with Crippen molar-refractivity contribution in [2.75, 3.05) is 0 Å². The second kappa shape index (κ2) is 6.20. The van der Waals surface area contributed by atoms with Crippen molar-refractivity contribution in [3.63, 3.8) is 0 Å². The van der Waals surface area contributed by atoms with Gasteiger partial charge in [0.05, 0.1) is 17.4 Å². The van der Waals surface area contributed by atoms with Gasteiger partial charge in [0.1, 0.15) is 5.82 Å².